The largest absolute Gasteiger partial charge is 0.377 e. The minimum atomic E-state index is 0.00810. The van der Waals surface area contributed by atoms with E-state index in [1.165, 1.54) is 12.8 Å². The maximum absolute atomic E-state index is 12.2. The summed E-state index contributed by atoms with van der Waals surface area (Å²) in [6.45, 7) is 7.72. The van der Waals surface area contributed by atoms with Gasteiger partial charge in [-0.1, -0.05) is 6.92 Å². The van der Waals surface area contributed by atoms with Gasteiger partial charge in [-0.15, -0.1) is 0 Å². The molecule has 0 aromatic rings. The molecule has 2 rings (SSSR count). The maximum atomic E-state index is 12.2. The molecule has 2 fully saturated rings. The molecule has 0 aliphatic carbocycles. The molecule has 0 aromatic heterocycles. The van der Waals surface area contributed by atoms with Crippen molar-refractivity contribution < 1.29 is 9.53 Å². The molecule has 5 heteroatoms. The number of rotatable bonds is 5. The van der Waals surface area contributed by atoms with Crippen molar-refractivity contribution in [3.05, 3.63) is 0 Å². The van der Waals surface area contributed by atoms with Gasteiger partial charge in [-0.2, -0.15) is 0 Å². The number of carbonyl (C=O) groups is 1. The summed E-state index contributed by atoms with van der Waals surface area (Å²) in [5.74, 6) is 0.221. The zero-order valence-electron chi connectivity index (χ0n) is 12.7. The van der Waals surface area contributed by atoms with Gasteiger partial charge in [0.15, 0.2) is 0 Å². The third kappa shape index (κ3) is 4.72. The fraction of sp³-hybridized carbons (Fsp3) is 0.933. The van der Waals surface area contributed by atoms with Gasteiger partial charge in [0.25, 0.3) is 0 Å². The number of amides is 1. The summed E-state index contributed by atoms with van der Waals surface area (Å²) in [5, 5.41) is 0. The molecule has 0 bridgehead atoms. The molecule has 2 aliphatic rings. The van der Waals surface area contributed by atoms with E-state index in [0.717, 1.165) is 52.2 Å². The predicted octanol–water partition coefficient (Wildman–Crippen LogP) is 0.827. The number of carbonyl (C=O) groups excluding carboxylic acids is 1. The van der Waals surface area contributed by atoms with Crippen LogP contribution < -0.4 is 5.73 Å². The van der Waals surface area contributed by atoms with E-state index in [2.05, 4.69) is 4.90 Å². The summed E-state index contributed by atoms with van der Waals surface area (Å²) in [5.41, 5.74) is 5.88. The van der Waals surface area contributed by atoms with Gasteiger partial charge in [0.05, 0.1) is 6.10 Å². The lowest BCUT2D eigenvalue weighted by Gasteiger charge is -2.24. The number of hydrogen-bond donors (Lipinski definition) is 1. The highest BCUT2D eigenvalue weighted by molar-refractivity contribution is 5.76. The van der Waals surface area contributed by atoms with Gasteiger partial charge in [0.2, 0.25) is 5.91 Å². The first-order chi connectivity index (χ1) is 9.69. The van der Waals surface area contributed by atoms with Gasteiger partial charge in [0.1, 0.15) is 0 Å². The Balaban J connectivity index is 1.74. The molecular formula is C15H29N3O2. The highest BCUT2D eigenvalue weighted by Gasteiger charge is 2.23. The van der Waals surface area contributed by atoms with Gasteiger partial charge in [-0.3, -0.25) is 9.69 Å². The number of nitrogens with zero attached hydrogens (tertiary/aromatic N) is 2. The van der Waals surface area contributed by atoms with E-state index in [1.807, 2.05) is 11.8 Å². The molecule has 1 amide bonds. The lowest BCUT2D eigenvalue weighted by molar-refractivity contribution is -0.131. The quantitative estimate of drug-likeness (QED) is 0.812. The second-order valence-corrected chi connectivity index (χ2v) is 6.04. The zero-order valence-corrected chi connectivity index (χ0v) is 12.7. The second kappa shape index (κ2) is 7.96. The predicted molar refractivity (Wildman–Crippen MR) is 79.5 cm³/mol. The van der Waals surface area contributed by atoms with Crippen LogP contribution in [0.25, 0.3) is 0 Å². The third-order valence-corrected chi connectivity index (χ3v) is 4.39. The lowest BCUT2D eigenvalue weighted by atomic mass is 10.1. The van der Waals surface area contributed by atoms with Crippen molar-refractivity contribution in [2.45, 2.75) is 51.2 Å². The molecule has 2 N–H and O–H groups in total. The molecule has 5 nitrogen and oxygen atoms in total. The SMILES string of the molecule is CCC(N)CC(=O)N1CCCN(CC2CCCO2)CC1. The highest BCUT2D eigenvalue weighted by atomic mass is 16.5. The molecular weight excluding hydrogens is 254 g/mol. The van der Waals surface area contributed by atoms with Crippen LogP contribution in [-0.2, 0) is 9.53 Å². The van der Waals surface area contributed by atoms with E-state index in [1.54, 1.807) is 0 Å². The Hall–Kier alpha value is -0.650. The summed E-state index contributed by atoms with van der Waals surface area (Å²) in [7, 11) is 0. The van der Waals surface area contributed by atoms with Gasteiger partial charge < -0.3 is 15.4 Å². The lowest BCUT2D eigenvalue weighted by Crippen LogP contribution is -2.39. The Morgan fingerprint density at radius 3 is 2.85 bits per heavy atom. The average Bonchev–Trinajstić information content (AvgIpc) is 2.83. The minimum absolute atomic E-state index is 0.00810. The Kier molecular flexibility index (Phi) is 6.26. The van der Waals surface area contributed by atoms with E-state index in [9.17, 15) is 4.79 Å². The van der Waals surface area contributed by atoms with Crippen LogP contribution in [0, 0.1) is 0 Å². The van der Waals surface area contributed by atoms with Crippen LogP contribution >= 0.6 is 0 Å². The van der Waals surface area contributed by atoms with Crippen LogP contribution in [0.4, 0.5) is 0 Å². The fourth-order valence-corrected chi connectivity index (χ4v) is 2.98. The Bertz CT molecular complexity index is 305. The Morgan fingerprint density at radius 1 is 1.30 bits per heavy atom. The first kappa shape index (κ1) is 15.7. The normalized spacial score (nSPS) is 26.5. The van der Waals surface area contributed by atoms with Crippen LogP contribution in [0.5, 0.6) is 0 Å². The summed E-state index contributed by atoms with van der Waals surface area (Å²) >= 11 is 0. The standard InChI is InChI=1S/C15H29N3O2/c1-2-13(16)11-15(19)18-7-4-6-17(8-9-18)12-14-5-3-10-20-14/h13-14H,2-12,16H2,1H3. The molecule has 0 spiro atoms. The van der Waals surface area contributed by atoms with Crippen molar-refractivity contribution in [1.82, 2.24) is 9.80 Å². The van der Waals surface area contributed by atoms with Crippen LogP contribution in [0.2, 0.25) is 0 Å². The van der Waals surface area contributed by atoms with E-state index < -0.39 is 0 Å². The highest BCUT2D eigenvalue weighted by Crippen LogP contribution is 2.15. The zero-order chi connectivity index (χ0) is 14.4. The fourth-order valence-electron chi connectivity index (χ4n) is 2.98. The second-order valence-electron chi connectivity index (χ2n) is 6.04. The Morgan fingerprint density at radius 2 is 2.15 bits per heavy atom. The van der Waals surface area contributed by atoms with Crippen LogP contribution in [0.1, 0.15) is 39.0 Å². The molecule has 0 saturated carbocycles. The van der Waals surface area contributed by atoms with E-state index >= 15 is 0 Å². The van der Waals surface area contributed by atoms with Gasteiger partial charge >= 0.3 is 0 Å². The van der Waals surface area contributed by atoms with Crippen molar-refractivity contribution in [3.8, 4) is 0 Å². The first-order valence-corrected chi connectivity index (χ1v) is 8.06. The molecule has 2 aliphatic heterocycles. The molecule has 2 heterocycles. The van der Waals surface area contributed by atoms with Crippen molar-refractivity contribution >= 4 is 5.91 Å². The van der Waals surface area contributed by atoms with Gasteiger partial charge in [0, 0.05) is 45.2 Å². The summed E-state index contributed by atoms with van der Waals surface area (Å²) < 4.78 is 5.70. The molecule has 0 aromatic carbocycles. The molecule has 0 radical (unpaired) electrons. The van der Waals surface area contributed by atoms with Crippen LogP contribution in [0.3, 0.4) is 0 Å². The molecule has 2 saturated heterocycles. The minimum Gasteiger partial charge on any atom is -0.377 e. The molecule has 2 unspecified atom stereocenters. The van der Waals surface area contributed by atoms with Gasteiger partial charge in [-0.05, 0) is 32.2 Å². The average molecular weight is 283 g/mol. The Labute approximate surface area is 122 Å². The van der Waals surface area contributed by atoms with Gasteiger partial charge in [-0.25, -0.2) is 0 Å². The molecule has 20 heavy (non-hydrogen) atoms. The molecule has 2 atom stereocenters. The van der Waals surface area contributed by atoms with E-state index in [0.29, 0.717) is 12.5 Å². The first-order valence-electron chi connectivity index (χ1n) is 8.06. The smallest absolute Gasteiger partial charge is 0.224 e. The monoisotopic (exact) mass is 283 g/mol. The van der Waals surface area contributed by atoms with Crippen molar-refractivity contribution in [3.63, 3.8) is 0 Å². The summed E-state index contributed by atoms with van der Waals surface area (Å²) in [4.78, 5) is 16.6. The van der Waals surface area contributed by atoms with Crippen molar-refractivity contribution in [1.29, 1.82) is 0 Å². The third-order valence-electron chi connectivity index (χ3n) is 4.39. The van der Waals surface area contributed by atoms with Crippen LogP contribution in [-0.4, -0.2) is 67.2 Å². The number of ether oxygens (including phenoxy) is 1. The van der Waals surface area contributed by atoms with Crippen molar-refractivity contribution in [2.75, 3.05) is 39.3 Å². The molecule has 116 valence electrons. The maximum Gasteiger partial charge on any atom is 0.224 e. The van der Waals surface area contributed by atoms with Crippen molar-refractivity contribution in [2.24, 2.45) is 5.73 Å². The summed E-state index contributed by atoms with van der Waals surface area (Å²) in [6.07, 6.45) is 5.20. The summed E-state index contributed by atoms with van der Waals surface area (Å²) in [6, 6.07) is 0.00810. The van der Waals surface area contributed by atoms with E-state index in [4.69, 9.17) is 10.5 Å². The number of hydrogen-bond acceptors (Lipinski definition) is 4. The topological polar surface area (TPSA) is 58.8 Å². The van der Waals surface area contributed by atoms with Crippen LogP contribution in [0.15, 0.2) is 0 Å². The number of nitrogens with two attached hydrogens (primary N) is 1. The van der Waals surface area contributed by atoms with E-state index in [-0.39, 0.29) is 11.9 Å².